The number of hydrogen-bond acceptors (Lipinski definition) is 5. The van der Waals surface area contributed by atoms with E-state index in [9.17, 15) is 5.11 Å². The van der Waals surface area contributed by atoms with Crippen molar-refractivity contribution in [2.24, 2.45) is 10.2 Å². The lowest BCUT2D eigenvalue weighted by Gasteiger charge is -2.04. The number of hydrogen-bond donors (Lipinski definition) is 1. The van der Waals surface area contributed by atoms with Gasteiger partial charge in [0.1, 0.15) is 0 Å². The third-order valence-corrected chi connectivity index (χ3v) is 5.09. The van der Waals surface area contributed by atoms with Crippen LogP contribution in [0.1, 0.15) is 19.8 Å². The fourth-order valence-electron chi connectivity index (χ4n) is 2.91. The molecule has 0 aliphatic heterocycles. The van der Waals surface area contributed by atoms with E-state index >= 15 is 0 Å². The second kappa shape index (κ2) is 6.64. The number of benzene rings is 2. The first kappa shape index (κ1) is 15.8. The predicted octanol–water partition coefficient (Wildman–Crippen LogP) is 6.17. The maximum Gasteiger partial charge on any atom is 0.231 e. The summed E-state index contributed by atoms with van der Waals surface area (Å²) in [5.41, 5.74) is 2.40. The van der Waals surface area contributed by atoms with Gasteiger partial charge in [-0.1, -0.05) is 55.0 Å². The number of para-hydroxylation sites is 2. The minimum absolute atomic E-state index is 0.166. The molecule has 126 valence electrons. The summed E-state index contributed by atoms with van der Waals surface area (Å²) >= 11 is 1.49. The van der Waals surface area contributed by atoms with Crippen LogP contribution in [0.4, 0.5) is 10.8 Å². The Morgan fingerprint density at radius 1 is 1.08 bits per heavy atom. The van der Waals surface area contributed by atoms with Crippen LogP contribution >= 0.6 is 11.3 Å². The molecule has 1 N–H and O–H groups in total. The predicted molar refractivity (Wildman–Crippen MR) is 102 cm³/mol. The molecule has 5 nitrogen and oxygen atoms in total. The van der Waals surface area contributed by atoms with Crippen LogP contribution in [0.25, 0.3) is 21.1 Å². The number of unbranched alkanes of at least 4 members (excludes halogenated alkanes) is 1. The number of thiazole rings is 1. The summed E-state index contributed by atoms with van der Waals surface area (Å²) in [6, 6.07) is 15.8. The molecule has 4 aromatic rings. The third-order valence-electron chi connectivity index (χ3n) is 4.17. The van der Waals surface area contributed by atoms with E-state index in [0.717, 1.165) is 40.5 Å². The first-order chi connectivity index (χ1) is 12.3. The van der Waals surface area contributed by atoms with Crippen molar-refractivity contribution in [2.75, 3.05) is 0 Å². The Bertz CT molecular complexity index is 1030. The molecule has 6 heteroatoms. The Balaban J connectivity index is 1.76. The summed E-state index contributed by atoms with van der Waals surface area (Å²) in [6.07, 6.45) is 2.06. The molecule has 0 amide bonds. The average molecular weight is 350 g/mol. The number of aromatic nitrogens is 2. The molecule has 0 fully saturated rings. The van der Waals surface area contributed by atoms with Crippen LogP contribution in [0.2, 0.25) is 0 Å². The quantitative estimate of drug-likeness (QED) is 0.437. The standard InChI is InChI=1S/C19H18N4OS/c1-2-3-12-23-15-10-6-4-8-13(15)17(18(23)24)21-22-19-20-14-9-5-7-11-16(14)25-19/h4-11,24H,2-3,12H2,1H3. The monoisotopic (exact) mass is 350 g/mol. The zero-order valence-corrected chi connectivity index (χ0v) is 14.7. The first-order valence-corrected chi connectivity index (χ1v) is 9.17. The smallest absolute Gasteiger partial charge is 0.231 e. The lowest BCUT2D eigenvalue weighted by molar-refractivity contribution is 0.418. The molecule has 25 heavy (non-hydrogen) atoms. The lowest BCUT2D eigenvalue weighted by Crippen LogP contribution is -1.96. The number of rotatable bonds is 5. The number of nitrogens with zero attached hydrogens (tertiary/aromatic N) is 4. The van der Waals surface area contributed by atoms with Crippen molar-refractivity contribution >= 4 is 43.3 Å². The molecular weight excluding hydrogens is 332 g/mol. The summed E-state index contributed by atoms with van der Waals surface area (Å²) in [5, 5.41) is 20.7. The number of aryl methyl sites for hydroxylation is 1. The maximum absolute atomic E-state index is 10.6. The highest BCUT2D eigenvalue weighted by atomic mass is 32.1. The molecule has 0 aliphatic rings. The number of fused-ring (bicyclic) bond motifs is 2. The normalized spacial score (nSPS) is 11.9. The van der Waals surface area contributed by atoms with E-state index in [1.807, 2.05) is 53.1 Å². The Labute approximate surface area is 149 Å². The Morgan fingerprint density at radius 3 is 2.72 bits per heavy atom. The molecular formula is C19H18N4OS. The van der Waals surface area contributed by atoms with E-state index in [1.54, 1.807) is 0 Å². The van der Waals surface area contributed by atoms with Crippen LogP contribution < -0.4 is 0 Å². The summed E-state index contributed by atoms with van der Waals surface area (Å²) in [6.45, 7) is 2.90. The Hall–Kier alpha value is -2.73. The lowest BCUT2D eigenvalue weighted by atomic mass is 10.2. The fraction of sp³-hybridized carbons (Fsp3) is 0.211. The third kappa shape index (κ3) is 2.89. The van der Waals surface area contributed by atoms with Gasteiger partial charge in [-0.2, -0.15) is 0 Å². The second-order valence-corrected chi connectivity index (χ2v) is 6.87. The highest BCUT2D eigenvalue weighted by Crippen LogP contribution is 2.40. The highest BCUT2D eigenvalue weighted by molar-refractivity contribution is 7.21. The van der Waals surface area contributed by atoms with Crippen molar-refractivity contribution in [3.8, 4) is 5.88 Å². The summed E-state index contributed by atoms with van der Waals surface area (Å²) in [7, 11) is 0. The van der Waals surface area contributed by atoms with Gasteiger partial charge in [0.15, 0.2) is 5.69 Å². The minimum Gasteiger partial charge on any atom is -0.493 e. The van der Waals surface area contributed by atoms with E-state index in [-0.39, 0.29) is 5.88 Å². The summed E-state index contributed by atoms with van der Waals surface area (Å²) in [4.78, 5) is 4.46. The molecule has 4 rings (SSSR count). The number of azo groups is 1. The van der Waals surface area contributed by atoms with Crippen molar-refractivity contribution in [3.05, 3.63) is 48.5 Å². The van der Waals surface area contributed by atoms with Crippen molar-refractivity contribution in [3.63, 3.8) is 0 Å². The minimum atomic E-state index is 0.166. The van der Waals surface area contributed by atoms with Gasteiger partial charge >= 0.3 is 0 Å². The SMILES string of the molecule is CCCCn1c(O)c(N=Nc2nc3ccccc3s2)c2ccccc21. The molecule has 2 aromatic carbocycles. The molecule has 0 saturated carbocycles. The second-order valence-electron chi connectivity index (χ2n) is 5.86. The molecule has 2 aromatic heterocycles. The van der Waals surface area contributed by atoms with Gasteiger partial charge < -0.3 is 9.67 Å². The Morgan fingerprint density at radius 2 is 1.88 bits per heavy atom. The van der Waals surface area contributed by atoms with Crippen molar-refractivity contribution in [1.82, 2.24) is 9.55 Å². The molecule has 0 saturated heterocycles. The van der Waals surface area contributed by atoms with Gasteiger partial charge in [0.2, 0.25) is 11.0 Å². The zero-order chi connectivity index (χ0) is 17.2. The van der Waals surface area contributed by atoms with E-state index in [2.05, 4.69) is 22.1 Å². The van der Waals surface area contributed by atoms with Gasteiger partial charge in [0.25, 0.3) is 0 Å². The highest BCUT2D eigenvalue weighted by Gasteiger charge is 2.16. The van der Waals surface area contributed by atoms with E-state index in [0.29, 0.717) is 10.8 Å². The van der Waals surface area contributed by atoms with Crippen LogP contribution in [0.15, 0.2) is 58.8 Å². The maximum atomic E-state index is 10.6. The van der Waals surface area contributed by atoms with Gasteiger partial charge in [-0.15, -0.1) is 10.2 Å². The van der Waals surface area contributed by atoms with E-state index in [1.165, 1.54) is 11.3 Å². The van der Waals surface area contributed by atoms with Crippen molar-refractivity contribution in [1.29, 1.82) is 0 Å². The Kier molecular flexibility index (Phi) is 4.19. The largest absolute Gasteiger partial charge is 0.493 e. The fourth-order valence-corrected chi connectivity index (χ4v) is 3.70. The molecule has 0 atom stereocenters. The average Bonchev–Trinajstić information content (AvgIpc) is 3.16. The van der Waals surface area contributed by atoms with Gasteiger partial charge in [-0.05, 0) is 24.6 Å². The van der Waals surface area contributed by atoms with Gasteiger partial charge in [0, 0.05) is 11.9 Å². The van der Waals surface area contributed by atoms with Gasteiger partial charge in [-0.3, -0.25) is 0 Å². The van der Waals surface area contributed by atoms with E-state index < -0.39 is 0 Å². The molecule has 0 aliphatic carbocycles. The van der Waals surface area contributed by atoms with Crippen molar-refractivity contribution < 1.29 is 5.11 Å². The van der Waals surface area contributed by atoms with Crippen LogP contribution in [0, 0.1) is 0 Å². The summed E-state index contributed by atoms with van der Waals surface area (Å²) < 4.78 is 2.98. The van der Waals surface area contributed by atoms with Crippen LogP contribution in [0.5, 0.6) is 5.88 Å². The van der Waals surface area contributed by atoms with Crippen molar-refractivity contribution in [2.45, 2.75) is 26.3 Å². The van der Waals surface area contributed by atoms with Gasteiger partial charge in [-0.25, -0.2) is 4.98 Å². The van der Waals surface area contributed by atoms with Gasteiger partial charge in [0.05, 0.1) is 15.7 Å². The molecule has 0 spiro atoms. The molecule has 0 bridgehead atoms. The van der Waals surface area contributed by atoms with Crippen LogP contribution in [0.3, 0.4) is 0 Å². The van der Waals surface area contributed by atoms with Crippen LogP contribution in [-0.4, -0.2) is 14.7 Å². The topological polar surface area (TPSA) is 62.8 Å². The van der Waals surface area contributed by atoms with Crippen LogP contribution in [-0.2, 0) is 6.54 Å². The molecule has 2 heterocycles. The number of aromatic hydroxyl groups is 1. The first-order valence-electron chi connectivity index (χ1n) is 8.35. The molecule has 0 unspecified atom stereocenters. The summed E-state index contributed by atoms with van der Waals surface area (Å²) in [5.74, 6) is 0.166. The zero-order valence-electron chi connectivity index (χ0n) is 13.9. The molecule has 0 radical (unpaired) electrons. The van der Waals surface area contributed by atoms with E-state index in [4.69, 9.17) is 0 Å².